The molecule has 4 aliphatic carbocycles. The first-order chi connectivity index (χ1) is 27.0. The van der Waals surface area contributed by atoms with Gasteiger partial charge in [-0.15, -0.1) is 0 Å². The molecule has 0 amide bonds. The molecule has 302 valence electrons. The van der Waals surface area contributed by atoms with Crippen molar-refractivity contribution in [3.05, 3.63) is 129 Å². The number of aromatic nitrogens is 1. The fraction of sp³-hybridized carbons (Fsp3) is 0.491. The minimum absolute atomic E-state index is 0.0207. The lowest BCUT2D eigenvalue weighted by Crippen LogP contribution is -2.58. The van der Waals surface area contributed by atoms with Crippen LogP contribution in [-0.4, -0.2) is 17.3 Å². The molecule has 2 nitrogen and oxygen atoms in total. The van der Waals surface area contributed by atoms with E-state index in [1.165, 1.54) is 55.6 Å². The molecule has 9 rings (SSSR count). The maximum Gasteiger partial charge on any atom is 0.247 e. The molecule has 1 aromatic heterocycles. The topological polar surface area (TPSA) is 8.17 Å². The van der Waals surface area contributed by atoms with Gasteiger partial charge in [0.1, 0.15) is 0 Å². The van der Waals surface area contributed by atoms with E-state index in [4.69, 9.17) is 0 Å². The van der Waals surface area contributed by atoms with Crippen molar-refractivity contribution in [1.29, 1.82) is 0 Å². The zero-order valence-corrected chi connectivity index (χ0v) is 38.3. The molecule has 2 aliphatic heterocycles. The molecule has 58 heavy (non-hydrogen) atoms. The number of benzene rings is 2. The van der Waals surface area contributed by atoms with Crippen LogP contribution in [0.15, 0.2) is 107 Å². The first-order valence-corrected chi connectivity index (χ1v) is 22.6. The van der Waals surface area contributed by atoms with Gasteiger partial charge < -0.3 is 9.47 Å². The van der Waals surface area contributed by atoms with Gasteiger partial charge in [0.05, 0.1) is 12.1 Å². The normalized spacial score (nSPS) is 23.1. The van der Waals surface area contributed by atoms with E-state index in [0.29, 0.717) is 5.92 Å². The van der Waals surface area contributed by atoms with Crippen molar-refractivity contribution in [2.75, 3.05) is 4.90 Å². The predicted octanol–water partition coefficient (Wildman–Crippen LogP) is 13.2. The van der Waals surface area contributed by atoms with Crippen molar-refractivity contribution >= 4 is 40.3 Å². The number of fused-ring (bicyclic) bond motifs is 7. The van der Waals surface area contributed by atoms with Gasteiger partial charge in [-0.3, -0.25) is 0 Å². The van der Waals surface area contributed by atoms with Crippen LogP contribution in [0.5, 0.6) is 0 Å². The van der Waals surface area contributed by atoms with Crippen molar-refractivity contribution < 1.29 is 0 Å². The molecule has 0 radical (unpaired) electrons. The highest BCUT2D eigenvalue weighted by Crippen LogP contribution is 2.54. The highest BCUT2D eigenvalue weighted by molar-refractivity contribution is 6.94. The second kappa shape index (κ2) is 13.0. The molecular formula is C55H69BN2. The van der Waals surface area contributed by atoms with Gasteiger partial charge in [0, 0.05) is 33.4 Å². The number of rotatable bonds is 3. The van der Waals surface area contributed by atoms with Crippen LogP contribution in [-0.2, 0) is 17.3 Å². The Balaban J connectivity index is 1.39. The van der Waals surface area contributed by atoms with E-state index in [1.54, 1.807) is 22.2 Å². The molecule has 3 atom stereocenters. The van der Waals surface area contributed by atoms with Crippen LogP contribution in [0.3, 0.4) is 0 Å². The quantitative estimate of drug-likeness (QED) is 0.241. The third kappa shape index (κ3) is 6.18. The van der Waals surface area contributed by atoms with Gasteiger partial charge in [0.25, 0.3) is 0 Å². The second-order valence-corrected chi connectivity index (χ2v) is 23.4. The van der Waals surface area contributed by atoms with Gasteiger partial charge in [-0.05, 0) is 117 Å². The summed E-state index contributed by atoms with van der Waals surface area (Å²) in [5, 5.41) is 1.50. The van der Waals surface area contributed by atoms with E-state index in [0.717, 1.165) is 32.1 Å². The fourth-order valence-corrected chi connectivity index (χ4v) is 11.2. The van der Waals surface area contributed by atoms with Gasteiger partial charge in [-0.1, -0.05) is 174 Å². The number of allylic oxidation sites excluding steroid dienone is 10. The largest absolute Gasteiger partial charge is 0.335 e. The van der Waals surface area contributed by atoms with Gasteiger partial charge in [0.2, 0.25) is 6.71 Å². The maximum atomic E-state index is 2.87. The van der Waals surface area contributed by atoms with Crippen molar-refractivity contribution in [1.82, 2.24) is 4.57 Å². The molecule has 3 heteroatoms. The summed E-state index contributed by atoms with van der Waals surface area (Å²) in [6.45, 7) is 34.1. The average Bonchev–Trinajstić information content (AvgIpc) is 3.49. The van der Waals surface area contributed by atoms with E-state index in [1.807, 2.05) is 0 Å². The Kier molecular flexibility index (Phi) is 8.86. The van der Waals surface area contributed by atoms with Crippen LogP contribution in [0.4, 0.5) is 5.69 Å². The Bertz CT molecular complexity index is 2450. The Morgan fingerprint density at radius 3 is 2.03 bits per heavy atom. The molecule has 2 aromatic carbocycles. The van der Waals surface area contributed by atoms with Crippen molar-refractivity contribution in [3.8, 4) is 0 Å². The fourth-order valence-electron chi connectivity index (χ4n) is 11.2. The number of nitrogens with zero attached hydrogens (tertiary/aromatic N) is 2. The number of hydrogen-bond acceptors (Lipinski definition) is 1. The summed E-state index contributed by atoms with van der Waals surface area (Å²) in [5.41, 5.74) is 19.8. The van der Waals surface area contributed by atoms with Crippen molar-refractivity contribution in [3.63, 3.8) is 0 Å². The first-order valence-electron chi connectivity index (χ1n) is 22.6. The highest BCUT2D eigenvalue weighted by Gasteiger charge is 2.50. The van der Waals surface area contributed by atoms with Gasteiger partial charge in [-0.2, -0.15) is 0 Å². The summed E-state index contributed by atoms with van der Waals surface area (Å²) in [5.74, 6) is 0.499. The van der Waals surface area contributed by atoms with Crippen LogP contribution in [0.25, 0.3) is 17.0 Å². The molecule has 0 saturated heterocycles. The Morgan fingerprint density at radius 1 is 0.672 bits per heavy atom. The molecule has 0 spiro atoms. The lowest BCUT2D eigenvalue weighted by atomic mass is 9.31. The second-order valence-electron chi connectivity index (χ2n) is 23.4. The number of anilines is 1. The Hall–Kier alpha value is -3.98. The standard InChI is InChI=1S/C55H69BN2/c1-51(2,3)35-21-18-22-40(27-35)57-46-26-24-37(53(7,8)9)30-43(46)56-44-31-38(54(10,11)12)29-42-41-28-36(52(4,5)6)23-25-45(41)58(50(42)44)48-33-39(32-47(57)49(48)56)55(13,14)34-19-16-15-17-20-34/h15-16,18-19,21-26,29-32,36,40,48H,17,20,27-28,33H2,1-14H3. The smallest absolute Gasteiger partial charge is 0.247 e. The van der Waals surface area contributed by atoms with Gasteiger partial charge in [0.15, 0.2) is 0 Å². The highest BCUT2D eigenvalue weighted by atomic mass is 15.2. The van der Waals surface area contributed by atoms with Gasteiger partial charge in [-0.25, -0.2) is 0 Å². The summed E-state index contributed by atoms with van der Waals surface area (Å²) < 4.78 is 2.87. The van der Waals surface area contributed by atoms with Crippen LogP contribution in [0.2, 0.25) is 0 Å². The molecular weight excluding hydrogens is 699 g/mol. The summed E-state index contributed by atoms with van der Waals surface area (Å²) in [7, 11) is 0. The van der Waals surface area contributed by atoms with E-state index in [-0.39, 0.29) is 45.9 Å². The van der Waals surface area contributed by atoms with E-state index in [9.17, 15) is 0 Å². The minimum Gasteiger partial charge on any atom is -0.335 e. The maximum absolute atomic E-state index is 2.87. The molecule has 0 N–H and O–H groups in total. The summed E-state index contributed by atoms with van der Waals surface area (Å²) >= 11 is 0. The average molecular weight is 769 g/mol. The zero-order valence-electron chi connectivity index (χ0n) is 38.3. The summed E-state index contributed by atoms with van der Waals surface area (Å²) in [6.07, 6.45) is 27.6. The summed E-state index contributed by atoms with van der Waals surface area (Å²) in [6, 6.07) is 13.3. The Labute approximate surface area is 351 Å². The van der Waals surface area contributed by atoms with Crippen LogP contribution >= 0.6 is 0 Å². The predicted molar refractivity (Wildman–Crippen MR) is 253 cm³/mol. The SMILES string of the molecule is CC(C)(C)C1=CC=CC(N2C3=C4B(c5cc(C(C)(C)C)ccc52)c2cc(C(C)(C)C)cc5c6c(n(c25)C4CC(C(C)(C)C2=CC=CCC2)=C3)C=CC(C(C)(C)C)C6)C1. The molecule has 0 bridgehead atoms. The van der Waals surface area contributed by atoms with Crippen LogP contribution in [0.1, 0.15) is 151 Å². The van der Waals surface area contributed by atoms with Crippen LogP contribution in [0, 0.1) is 22.2 Å². The number of hydrogen-bond donors (Lipinski definition) is 0. The monoisotopic (exact) mass is 769 g/mol. The van der Waals surface area contributed by atoms with E-state index < -0.39 is 0 Å². The zero-order chi connectivity index (χ0) is 41.5. The van der Waals surface area contributed by atoms with Gasteiger partial charge >= 0.3 is 0 Å². The van der Waals surface area contributed by atoms with Crippen molar-refractivity contribution in [2.24, 2.45) is 22.2 Å². The molecule has 0 fully saturated rings. The van der Waals surface area contributed by atoms with E-state index >= 15 is 0 Å². The molecule has 3 aromatic rings. The van der Waals surface area contributed by atoms with Crippen molar-refractivity contribution in [2.45, 2.75) is 152 Å². The first kappa shape index (κ1) is 39.5. The molecule has 3 heterocycles. The summed E-state index contributed by atoms with van der Waals surface area (Å²) in [4.78, 5) is 2.82. The molecule has 0 saturated carbocycles. The van der Waals surface area contributed by atoms with Crippen LogP contribution < -0.4 is 15.8 Å². The lowest BCUT2D eigenvalue weighted by Gasteiger charge is -2.50. The Morgan fingerprint density at radius 2 is 1.38 bits per heavy atom. The molecule has 3 unspecified atom stereocenters. The van der Waals surface area contributed by atoms with E-state index in [2.05, 4.69) is 191 Å². The minimum atomic E-state index is -0.0599. The third-order valence-corrected chi connectivity index (χ3v) is 15.2. The lowest BCUT2D eigenvalue weighted by molar-refractivity contribution is 0.290. The molecule has 6 aliphatic rings. The third-order valence-electron chi connectivity index (χ3n) is 15.2.